The van der Waals surface area contributed by atoms with Crippen LogP contribution in [0.15, 0.2) is 47.1 Å². The van der Waals surface area contributed by atoms with E-state index in [4.69, 9.17) is 0 Å². The zero-order valence-electron chi connectivity index (χ0n) is 13.5. The Morgan fingerprint density at radius 1 is 1.33 bits per heavy atom. The smallest absolute Gasteiger partial charge is 0.266 e. The summed E-state index contributed by atoms with van der Waals surface area (Å²) in [6, 6.07) is 11.8. The van der Waals surface area contributed by atoms with E-state index in [0.29, 0.717) is 12.4 Å². The van der Waals surface area contributed by atoms with E-state index in [0.717, 1.165) is 21.3 Å². The van der Waals surface area contributed by atoms with Gasteiger partial charge in [-0.25, -0.2) is 4.68 Å². The molecular formula is C18H18BrN3OS. The van der Waals surface area contributed by atoms with Crippen LogP contribution in [0.1, 0.15) is 32.6 Å². The van der Waals surface area contributed by atoms with Crippen LogP contribution in [-0.2, 0) is 13.0 Å². The number of rotatable bonds is 5. The third kappa shape index (κ3) is 3.76. The third-order valence-electron chi connectivity index (χ3n) is 3.74. The van der Waals surface area contributed by atoms with Crippen molar-refractivity contribution in [2.24, 2.45) is 0 Å². The summed E-state index contributed by atoms with van der Waals surface area (Å²) in [4.78, 5) is 14.5. The van der Waals surface area contributed by atoms with Gasteiger partial charge in [-0.05, 0) is 42.7 Å². The lowest BCUT2D eigenvalue weighted by Gasteiger charge is -2.09. The standard InChI is InChI=1S/C18H18BrN3OS/c1-3-15-12(2)9-16(24-15)18(23)21-17-7-8-20-22(17)11-13-5-4-6-14(19)10-13/h4-10H,3,11H2,1-2H3,(H,21,23). The maximum absolute atomic E-state index is 12.5. The second-order valence-corrected chi connectivity index (χ2v) is 7.58. The number of benzene rings is 1. The van der Waals surface area contributed by atoms with E-state index in [-0.39, 0.29) is 5.91 Å². The molecule has 0 atom stereocenters. The molecule has 6 heteroatoms. The van der Waals surface area contributed by atoms with Crippen LogP contribution in [0, 0.1) is 6.92 Å². The lowest BCUT2D eigenvalue weighted by atomic mass is 10.2. The van der Waals surface area contributed by atoms with Gasteiger partial charge in [0.25, 0.3) is 5.91 Å². The number of aromatic nitrogens is 2. The highest BCUT2D eigenvalue weighted by Crippen LogP contribution is 2.23. The van der Waals surface area contributed by atoms with Crippen molar-refractivity contribution in [2.75, 3.05) is 5.32 Å². The lowest BCUT2D eigenvalue weighted by molar-refractivity contribution is 0.102. The van der Waals surface area contributed by atoms with Crippen molar-refractivity contribution < 1.29 is 4.79 Å². The van der Waals surface area contributed by atoms with E-state index in [9.17, 15) is 4.79 Å². The van der Waals surface area contributed by atoms with Crippen molar-refractivity contribution in [1.82, 2.24) is 9.78 Å². The van der Waals surface area contributed by atoms with E-state index < -0.39 is 0 Å². The fourth-order valence-corrected chi connectivity index (χ4v) is 3.99. The molecule has 1 aromatic carbocycles. The quantitative estimate of drug-likeness (QED) is 0.659. The van der Waals surface area contributed by atoms with Gasteiger partial charge in [-0.1, -0.05) is 35.0 Å². The van der Waals surface area contributed by atoms with Gasteiger partial charge in [0.15, 0.2) is 0 Å². The summed E-state index contributed by atoms with van der Waals surface area (Å²) in [7, 11) is 0. The van der Waals surface area contributed by atoms with E-state index in [1.54, 1.807) is 22.2 Å². The number of nitrogens with zero attached hydrogens (tertiary/aromatic N) is 2. The van der Waals surface area contributed by atoms with Crippen molar-refractivity contribution in [3.63, 3.8) is 0 Å². The van der Waals surface area contributed by atoms with Gasteiger partial charge in [0.05, 0.1) is 17.6 Å². The largest absolute Gasteiger partial charge is 0.306 e. The molecule has 0 radical (unpaired) electrons. The minimum atomic E-state index is -0.0845. The normalized spacial score (nSPS) is 10.8. The summed E-state index contributed by atoms with van der Waals surface area (Å²) in [5, 5.41) is 7.28. The van der Waals surface area contributed by atoms with E-state index in [1.165, 1.54) is 10.4 Å². The Hall–Kier alpha value is -1.92. The number of carbonyl (C=O) groups is 1. The van der Waals surface area contributed by atoms with Gasteiger partial charge >= 0.3 is 0 Å². The van der Waals surface area contributed by atoms with Crippen LogP contribution in [-0.4, -0.2) is 15.7 Å². The molecule has 0 aliphatic heterocycles. The maximum atomic E-state index is 12.5. The summed E-state index contributed by atoms with van der Waals surface area (Å²) in [5.41, 5.74) is 2.29. The van der Waals surface area contributed by atoms with Crippen LogP contribution in [0.25, 0.3) is 0 Å². The Labute approximate surface area is 153 Å². The Bertz CT molecular complexity index is 869. The van der Waals surface area contributed by atoms with Crippen molar-refractivity contribution in [3.05, 3.63) is 67.9 Å². The number of aryl methyl sites for hydroxylation is 2. The summed E-state index contributed by atoms with van der Waals surface area (Å²) in [6.45, 7) is 4.75. The highest BCUT2D eigenvalue weighted by molar-refractivity contribution is 9.10. The molecule has 1 N–H and O–H groups in total. The topological polar surface area (TPSA) is 46.9 Å². The molecule has 0 aliphatic rings. The van der Waals surface area contributed by atoms with Crippen LogP contribution in [0.4, 0.5) is 5.82 Å². The summed E-state index contributed by atoms with van der Waals surface area (Å²) in [5.74, 6) is 0.614. The molecule has 0 bridgehead atoms. The number of amides is 1. The summed E-state index contributed by atoms with van der Waals surface area (Å²) < 4.78 is 2.82. The molecule has 0 spiro atoms. The van der Waals surface area contributed by atoms with E-state index in [1.807, 2.05) is 43.3 Å². The van der Waals surface area contributed by atoms with Crippen molar-refractivity contribution in [1.29, 1.82) is 0 Å². The Morgan fingerprint density at radius 2 is 2.17 bits per heavy atom. The molecule has 24 heavy (non-hydrogen) atoms. The summed E-state index contributed by atoms with van der Waals surface area (Å²) in [6.07, 6.45) is 2.65. The second-order valence-electron chi connectivity index (χ2n) is 5.53. The molecule has 124 valence electrons. The Morgan fingerprint density at radius 3 is 2.88 bits per heavy atom. The Balaban J connectivity index is 1.76. The molecular weight excluding hydrogens is 386 g/mol. The molecule has 2 heterocycles. The van der Waals surface area contributed by atoms with E-state index in [2.05, 4.69) is 33.3 Å². The van der Waals surface area contributed by atoms with Gasteiger partial charge in [-0.15, -0.1) is 11.3 Å². The van der Waals surface area contributed by atoms with Gasteiger partial charge < -0.3 is 5.32 Å². The minimum absolute atomic E-state index is 0.0845. The fraction of sp³-hybridized carbons (Fsp3) is 0.222. The minimum Gasteiger partial charge on any atom is -0.306 e. The number of nitrogens with one attached hydrogen (secondary N) is 1. The number of thiophene rings is 1. The lowest BCUT2D eigenvalue weighted by Crippen LogP contribution is -2.15. The molecule has 0 saturated heterocycles. The fourth-order valence-electron chi connectivity index (χ4n) is 2.53. The highest BCUT2D eigenvalue weighted by Gasteiger charge is 2.14. The molecule has 2 aromatic heterocycles. The third-order valence-corrected chi connectivity index (χ3v) is 5.62. The molecule has 0 aliphatic carbocycles. The average molecular weight is 404 g/mol. The van der Waals surface area contributed by atoms with Crippen molar-refractivity contribution in [2.45, 2.75) is 26.8 Å². The number of halogens is 1. The van der Waals surface area contributed by atoms with Crippen molar-refractivity contribution in [3.8, 4) is 0 Å². The van der Waals surface area contributed by atoms with Crippen LogP contribution < -0.4 is 5.32 Å². The first-order valence-electron chi connectivity index (χ1n) is 7.73. The van der Waals surface area contributed by atoms with Gasteiger partial charge in [-0.3, -0.25) is 4.79 Å². The summed E-state index contributed by atoms with van der Waals surface area (Å²) >= 11 is 5.03. The predicted octanol–water partition coefficient (Wildman–Crippen LogP) is 4.88. The maximum Gasteiger partial charge on any atom is 0.266 e. The van der Waals surface area contributed by atoms with E-state index >= 15 is 0 Å². The first kappa shape index (κ1) is 16.9. The zero-order chi connectivity index (χ0) is 17.1. The molecule has 3 aromatic rings. The molecule has 4 nitrogen and oxygen atoms in total. The van der Waals surface area contributed by atoms with Crippen molar-refractivity contribution >= 4 is 39.0 Å². The highest BCUT2D eigenvalue weighted by atomic mass is 79.9. The monoisotopic (exact) mass is 403 g/mol. The Kier molecular flexibility index (Phi) is 5.16. The van der Waals surface area contributed by atoms with Gasteiger partial charge in [-0.2, -0.15) is 5.10 Å². The SMILES string of the molecule is CCc1sc(C(=O)Nc2ccnn2Cc2cccc(Br)c2)cc1C. The van der Waals surface area contributed by atoms with Crippen LogP contribution in [0.2, 0.25) is 0 Å². The molecule has 0 fully saturated rings. The second kappa shape index (κ2) is 7.32. The number of carbonyl (C=O) groups excluding carboxylic acids is 1. The first-order valence-corrected chi connectivity index (χ1v) is 9.34. The number of hydrogen-bond donors (Lipinski definition) is 1. The van der Waals surface area contributed by atoms with Crippen LogP contribution >= 0.6 is 27.3 Å². The first-order chi connectivity index (χ1) is 11.6. The molecule has 0 unspecified atom stereocenters. The molecule has 0 saturated carbocycles. The van der Waals surface area contributed by atoms with Gasteiger partial charge in [0, 0.05) is 15.4 Å². The number of hydrogen-bond acceptors (Lipinski definition) is 3. The van der Waals surface area contributed by atoms with Gasteiger partial charge in [0.2, 0.25) is 0 Å². The number of anilines is 1. The average Bonchev–Trinajstić information content (AvgIpc) is 3.14. The van der Waals surface area contributed by atoms with Crippen LogP contribution in [0.3, 0.4) is 0 Å². The molecule has 3 rings (SSSR count). The molecule has 1 amide bonds. The van der Waals surface area contributed by atoms with Gasteiger partial charge in [0.1, 0.15) is 5.82 Å². The zero-order valence-corrected chi connectivity index (χ0v) is 15.9. The predicted molar refractivity (Wildman–Crippen MR) is 102 cm³/mol. The van der Waals surface area contributed by atoms with Crippen LogP contribution in [0.5, 0.6) is 0 Å².